The Morgan fingerprint density at radius 1 is 1.41 bits per heavy atom. The van der Waals surface area contributed by atoms with Crippen LogP contribution < -0.4 is 5.32 Å². The molecular formula is C14H25N3. The summed E-state index contributed by atoms with van der Waals surface area (Å²) in [6, 6.07) is 0. The standard InChI is InChI=1S/C14H25N3/c1-14(2,3)15-8-11-6-5-7-13(11)12-9-16-17(4)10-12/h9-11,13,15H,5-8H2,1-4H3. The average Bonchev–Trinajstić information content (AvgIpc) is 2.81. The Bertz CT molecular complexity index is 362. The third-order valence-corrected chi connectivity index (χ3v) is 3.71. The first kappa shape index (κ1) is 12.6. The van der Waals surface area contributed by atoms with E-state index in [1.54, 1.807) is 0 Å². The van der Waals surface area contributed by atoms with Crippen molar-refractivity contribution in [2.24, 2.45) is 13.0 Å². The van der Waals surface area contributed by atoms with Crippen LogP contribution in [0.3, 0.4) is 0 Å². The van der Waals surface area contributed by atoms with Crippen molar-refractivity contribution in [3.63, 3.8) is 0 Å². The average molecular weight is 235 g/mol. The number of nitrogens with zero attached hydrogens (tertiary/aromatic N) is 2. The topological polar surface area (TPSA) is 29.9 Å². The zero-order valence-electron chi connectivity index (χ0n) is 11.5. The fourth-order valence-electron chi connectivity index (χ4n) is 2.79. The van der Waals surface area contributed by atoms with Gasteiger partial charge in [-0.05, 0) is 57.6 Å². The van der Waals surface area contributed by atoms with Crippen LogP contribution >= 0.6 is 0 Å². The van der Waals surface area contributed by atoms with E-state index in [0.29, 0.717) is 5.92 Å². The molecule has 0 saturated heterocycles. The lowest BCUT2D eigenvalue weighted by atomic mass is 9.90. The lowest BCUT2D eigenvalue weighted by Gasteiger charge is -2.26. The van der Waals surface area contributed by atoms with E-state index in [4.69, 9.17) is 0 Å². The number of hydrogen-bond acceptors (Lipinski definition) is 2. The van der Waals surface area contributed by atoms with Crippen LogP contribution in [0.2, 0.25) is 0 Å². The Balaban J connectivity index is 1.98. The van der Waals surface area contributed by atoms with Gasteiger partial charge in [0, 0.05) is 18.8 Å². The molecule has 0 amide bonds. The van der Waals surface area contributed by atoms with E-state index in [9.17, 15) is 0 Å². The first-order valence-corrected chi connectivity index (χ1v) is 6.69. The molecular weight excluding hydrogens is 210 g/mol. The summed E-state index contributed by atoms with van der Waals surface area (Å²) < 4.78 is 1.92. The third-order valence-electron chi connectivity index (χ3n) is 3.71. The summed E-state index contributed by atoms with van der Waals surface area (Å²) in [4.78, 5) is 0. The highest BCUT2D eigenvalue weighted by Crippen LogP contribution is 2.39. The molecule has 3 heteroatoms. The molecule has 1 aromatic rings. The number of aryl methyl sites for hydroxylation is 1. The largest absolute Gasteiger partial charge is 0.312 e. The summed E-state index contributed by atoms with van der Waals surface area (Å²) in [5, 5.41) is 7.94. The molecule has 1 aliphatic rings. The van der Waals surface area contributed by atoms with Crippen LogP contribution in [0.15, 0.2) is 12.4 Å². The van der Waals surface area contributed by atoms with Gasteiger partial charge in [-0.2, -0.15) is 5.10 Å². The minimum absolute atomic E-state index is 0.224. The van der Waals surface area contributed by atoms with Crippen molar-refractivity contribution in [1.82, 2.24) is 15.1 Å². The minimum Gasteiger partial charge on any atom is -0.312 e. The molecule has 96 valence electrons. The van der Waals surface area contributed by atoms with Crippen LogP contribution in [0.25, 0.3) is 0 Å². The molecule has 0 aromatic carbocycles. The molecule has 0 aliphatic heterocycles. The smallest absolute Gasteiger partial charge is 0.0524 e. The van der Waals surface area contributed by atoms with Crippen molar-refractivity contribution in [2.75, 3.05) is 6.54 Å². The van der Waals surface area contributed by atoms with Gasteiger partial charge in [-0.25, -0.2) is 0 Å². The van der Waals surface area contributed by atoms with Gasteiger partial charge in [0.25, 0.3) is 0 Å². The van der Waals surface area contributed by atoms with E-state index in [1.165, 1.54) is 24.8 Å². The molecule has 3 nitrogen and oxygen atoms in total. The fraction of sp³-hybridized carbons (Fsp3) is 0.786. The van der Waals surface area contributed by atoms with Gasteiger partial charge in [0.2, 0.25) is 0 Å². The Morgan fingerprint density at radius 2 is 2.18 bits per heavy atom. The van der Waals surface area contributed by atoms with Gasteiger partial charge in [0.1, 0.15) is 0 Å². The summed E-state index contributed by atoms with van der Waals surface area (Å²) in [5.74, 6) is 1.48. The second-order valence-corrected chi connectivity index (χ2v) is 6.38. The first-order valence-electron chi connectivity index (χ1n) is 6.69. The van der Waals surface area contributed by atoms with Crippen molar-refractivity contribution >= 4 is 0 Å². The highest BCUT2D eigenvalue weighted by molar-refractivity contribution is 5.14. The van der Waals surface area contributed by atoms with Crippen molar-refractivity contribution in [3.8, 4) is 0 Å². The van der Waals surface area contributed by atoms with Crippen LogP contribution in [0.1, 0.15) is 51.5 Å². The van der Waals surface area contributed by atoms with Gasteiger partial charge < -0.3 is 5.32 Å². The minimum atomic E-state index is 0.224. The second-order valence-electron chi connectivity index (χ2n) is 6.38. The molecule has 0 spiro atoms. The zero-order chi connectivity index (χ0) is 12.5. The van der Waals surface area contributed by atoms with E-state index in [2.05, 4.69) is 37.4 Å². The molecule has 1 N–H and O–H groups in total. The molecule has 0 radical (unpaired) electrons. The van der Waals surface area contributed by atoms with Gasteiger partial charge in [0.05, 0.1) is 6.20 Å². The van der Waals surface area contributed by atoms with Gasteiger partial charge >= 0.3 is 0 Å². The molecule has 1 saturated carbocycles. The van der Waals surface area contributed by atoms with Crippen molar-refractivity contribution in [1.29, 1.82) is 0 Å². The molecule has 2 rings (SSSR count). The molecule has 2 unspecified atom stereocenters. The fourth-order valence-corrected chi connectivity index (χ4v) is 2.79. The van der Waals surface area contributed by atoms with Crippen LogP contribution in [0.4, 0.5) is 0 Å². The SMILES string of the molecule is Cn1cc(C2CCCC2CNC(C)(C)C)cn1. The van der Waals surface area contributed by atoms with Gasteiger partial charge in [-0.3, -0.25) is 4.68 Å². The normalized spacial score (nSPS) is 25.4. The number of aromatic nitrogens is 2. The molecule has 1 aliphatic carbocycles. The van der Waals surface area contributed by atoms with Crippen molar-refractivity contribution in [3.05, 3.63) is 18.0 Å². The summed E-state index contributed by atoms with van der Waals surface area (Å²) >= 11 is 0. The van der Waals surface area contributed by atoms with Crippen molar-refractivity contribution in [2.45, 2.75) is 51.5 Å². The van der Waals surface area contributed by atoms with Gasteiger partial charge in [0.15, 0.2) is 0 Å². The van der Waals surface area contributed by atoms with Gasteiger partial charge in [-0.1, -0.05) is 6.42 Å². The van der Waals surface area contributed by atoms with Crippen LogP contribution in [0.5, 0.6) is 0 Å². The highest BCUT2D eigenvalue weighted by Gasteiger charge is 2.29. The number of nitrogens with one attached hydrogen (secondary N) is 1. The highest BCUT2D eigenvalue weighted by atomic mass is 15.2. The van der Waals surface area contributed by atoms with E-state index >= 15 is 0 Å². The maximum atomic E-state index is 4.30. The first-order chi connectivity index (χ1) is 7.96. The summed E-state index contributed by atoms with van der Waals surface area (Å²) in [6.07, 6.45) is 8.25. The van der Waals surface area contributed by atoms with Crippen molar-refractivity contribution < 1.29 is 0 Å². The molecule has 1 aromatic heterocycles. The quantitative estimate of drug-likeness (QED) is 0.873. The predicted molar refractivity (Wildman–Crippen MR) is 71.0 cm³/mol. The summed E-state index contributed by atoms with van der Waals surface area (Å²) in [5.41, 5.74) is 1.65. The second kappa shape index (κ2) is 4.81. The monoisotopic (exact) mass is 235 g/mol. The van der Waals surface area contributed by atoms with Gasteiger partial charge in [-0.15, -0.1) is 0 Å². The Kier molecular flexibility index (Phi) is 3.57. The number of hydrogen-bond donors (Lipinski definition) is 1. The summed E-state index contributed by atoms with van der Waals surface area (Å²) in [6.45, 7) is 7.84. The Morgan fingerprint density at radius 3 is 2.76 bits per heavy atom. The molecule has 17 heavy (non-hydrogen) atoms. The predicted octanol–water partition coefficient (Wildman–Crippen LogP) is 2.69. The van der Waals surface area contributed by atoms with Crippen LogP contribution in [0, 0.1) is 5.92 Å². The van der Waals surface area contributed by atoms with E-state index in [1.807, 2.05) is 17.9 Å². The van der Waals surface area contributed by atoms with E-state index in [0.717, 1.165) is 12.5 Å². The lowest BCUT2D eigenvalue weighted by molar-refractivity contribution is 0.356. The zero-order valence-corrected chi connectivity index (χ0v) is 11.5. The maximum absolute atomic E-state index is 4.30. The van der Waals surface area contributed by atoms with Crippen LogP contribution in [-0.4, -0.2) is 21.9 Å². The molecule has 1 fully saturated rings. The van der Waals surface area contributed by atoms with E-state index in [-0.39, 0.29) is 5.54 Å². The maximum Gasteiger partial charge on any atom is 0.0524 e. The van der Waals surface area contributed by atoms with Crippen LogP contribution in [-0.2, 0) is 7.05 Å². The molecule has 2 atom stereocenters. The Hall–Kier alpha value is -0.830. The lowest BCUT2D eigenvalue weighted by Crippen LogP contribution is -2.39. The third kappa shape index (κ3) is 3.32. The molecule has 1 heterocycles. The summed E-state index contributed by atoms with van der Waals surface area (Å²) in [7, 11) is 2.00. The molecule has 0 bridgehead atoms. The number of rotatable bonds is 3. The van der Waals surface area contributed by atoms with E-state index < -0.39 is 0 Å². The Labute approximate surface area is 105 Å².